The fourth-order valence-electron chi connectivity index (χ4n) is 0.920. The predicted octanol–water partition coefficient (Wildman–Crippen LogP) is 1.40. The summed E-state index contributed by atoms with van der Waals surface area (Å²) in [7, 11) is 1.64. The predicted molar refractivity (Wildman–Crippen MR) is 54.5 cm³/mol. The van der Waals surface area contributed by atoms with Crippen LogP contribution in [0.15, 0.2) is 4.47 Å². The van der Waals surface area contributed by atoms with E-state index < -0.39 is 0 Å². The second-order valence-corrected chi connectivity index (χ2v) is 3.44. The van der Waals surface area contributed by atoms with Crippen molar-refractivity contribution >= 4 is 27.7 Å². The smallest absolute Gasteiger partial charge is 0.225 e. The van der Waals surface area contributed by atoms with Gasteiger partial charge in [0.05, 0.1) is 4.47 Å². The van der Waals surface area contributed by atoms with Crippen LogP contribution in [0.3, 0.4) is 0 Å². The van der Waals surface area contributed by atoms with Crippen LogP contribution in [0.25, 0.3) is 0 Å². The Bertz CT molecular complexity index is 404. The first-order chi connectivity index (χ1) is 6.60. The SMILES string of the molecule is CCC(=O)Nc1nn(C)c(C#N)c1Br. The summed E-state index contributed by atoms with van der Waals surface area (Å²) < 4.78 is 1.93. The van der Waals surface area contributed by atoms with E-state index in [4.69, 9.17) is 5.26 Å². The molecule has 6 heteroatoms. The summed E-state index contributed by atoms with van der Waals surface area (Å²) in [4.78, 5) is 11.1. The van der Waals surface area contributed by atoms with E-state index in [9.17, 15) is 4.79 Å². The molecule has 1 heterocycles. The van der Waals surface area contributed by atoms with Crippen molar-refractivity contribution < 1.29 is 4.79 Å². The molecule has 5 nitrogen and oxygen atoms in total. The van der Waals surface area contributed by atoms with Gasteiger partial charge in [0.25, 0.3) is 0 Å². The molecule has 1 aromatic heterocycles. The third-order valence-corrected chi connectivity index (χ3v) is 2.43. The lowest BCUT2D eigenvalue weighted by Gasteiger charge is -1.97. The average Bonchev–Trinajstić information content (AvgIpc) is 2.42. The standard InChI is InChI=1S/C8H9BrN4O/c1-3-6(14)11-8-7(9)5(4-10)13(2)12-8/h3H2,1-2H3,(H,11,12,14). The van der Waals surface area contributed by atoms with Crippen molar-refractivity contribution in [1.29, 1.82) is 5.26 Å². The monoisotopic (exact) mass is 256 g/mol. The molecule has 0 aliphatic carbocycles. The minimum atomic E-state index is -0.131. The fraction of sp³-hybridized carbons (Fsp3) is 0.375. The summed E-state index contributed by atoms with van der Waals surface area (Å²) in [5, 5.41) is 15.3. The number of halogens is 1. The number of aryl methyl sites for hydroxylation is 1. The highest BCUT2D eigenvalue weighted by Gasteiger charge is 2.14. The molecule has 0 spiro atoms. The quantitative estimate of drug-likeness (QED) is 0.870. The van der Waals surface area contributed by atoms with Crippen molar-refractivity contribution in [3.63, 3.8) is 0 Å². The summed E-state index contributed by atoms with van der Waals surface area (Å²) in [6, 6.07) is 1.98. The van der Waals surface area contributed by atoms with E-state index in [0.717, 1.165) is 0 Å². The normalized spacial score (nSPS) is 9.57. The molecular weight excluding hydrogens is 248 g/mol. The summed E-state index contributed by atoms with van der Waals surface area (Å²) in [6.45, 7) is 1.75. The molecular formula is C8H9BrN4O. The average molecular weight is 257 g/mol. The van der Waals surface area contributed by atoms with Crippen molar-refractivity contribution in [2.45, 2.75) is 13.3 Å². The highest BCUT2D eigenvalue weighted by Crippen LogP contribution is 2.24. The molecule has 14 heavy (non-hydrogen) atoms. The Morgan fingerprint density at radius 1 is 1.79 bits per heavy atom. The van der Waals surface area contributed by atoms with Crippen LogP contribution in [0.4, 0.5) is 5.82 Å². The van der Waals surface area contributed by atoms with Crippen molar-refractivity contribution in [2.75, 3.05) is 5.32 Å². The van der Waals surface area contributed by atoms with Gasteiger partial charge < -0.3 is 5.32 Å². The van der Waals surface area contributed by atoms with Crippen molar-refractivity contribution in [3.8, 4) is 6.07 Å². The van der Waals surface area contributed by atoms with Crippen LogP contribution >= 0.6 is 15.9 Å². The van der Waals surface area contributed by atoms with Crippen LogP contribution in [0.1, 0.15) is 19.0 Å². The summed E-state index contributed by atoms with van der Waals surface area (Å²) >= 11 is 3.20. The lowest BCUT2D eigenvalue weighted by atomic mass is 10.4. The van der Waals surface area contributed by atoms with Crippen LogP contribution in [0.5, 0.6) is 0 Å². The van der Waals surface area contributed by atoms with E-state index in [1.54, 1.807) is 14.0 Å². The number of nitrogens with zero attached hydrogens (tertiary/aromatic N) is 3. The molecule has 0 saturated heterocycles. The van der Waals surface area contributed by atoms with Gasteiger partial charge >= 0.3 is 0 Å². The number of hydrogen-bond donors (Lipinski definition) is 1. The van der Waals surface area contributed by atoms with Gasteiger partial charge in [0, 0.05) is 13.5 Å². The molecule has 0 aliphatic rings. The maximum atomic E-state index is 11.1. The number of anilines is 1. The Morgan fingerprint density at radius 2 is 2.43 bits per heavy atom. The van der Waals surface area contributed by atoms with E-state index in [-0.39, 0.29) is 5.91 Å². The van der Waals surface area contributed by atoms with Crippen molar-refractivity contribution in [3.05, 3.63) is 10.2 Å². The zero-order chi connectivity index (χ0) is 10.7. The second kappa shape index (κ2) is 4.24. The zero-order valence-electron chi connectivity index (χ0n) is 7.83. The lowest BCUT2D eigenvalue weighted by Crippen LogP contribution is -2.10. The van der Waals surface area contributed by atoms with E-state index in [1.165, 1.54) is 4.68 Å². The van der Waals surface area contributed by atoms with Gasteiger partial charge in [0.2, 0.25) is 5.91 Å². The van der Waals surface area contributed by atoms with E-state index in [0.29, 0.717) is 22.4 Å². The summed E-state index contributed by atoms with van der Waals surface area (Å²) in [5.41, 5.74) is 0.386. The zero-order valence-corrected chi connectivity index (χ0v) is 9.42. The van der Waals surface area contributed by atoms with E-state index in [2.05, 4.69) is 26.3 Å². The Morgan fingerprint density at radius 3 is 2.86 bits per heavy atom. The number of carbonyl (C=O) groups is 1. The second-order valence-electron chi connectivity index (χ2n) is 2.65. The van der Waals surface area contributed by atoms with Gasteiger partial charge in [-0.2, -0.15) is 10.4 Å². The van der Waals surface area contributed by atoms with E-state index >= 15 is 0 Å². The number of amides is 1. The highest BCUT2D eigenvalue weighted by atomic mass is 79.9. The molecule has 1 rings (SSSR count). The molecule has 0 atom stereocenters. The molecule has 0 aromatic carbocycles. The maximum Gasteiger partial charge on any atom is 0.225 e. The molecule has 0 fully saturated rings. The lowest BCUT2D eigenvalue weighted by molar-refractivity contribution is -0.115. The third-order valence-electron chi connectivity index (χ3n) is 1.67. The van der Waals surface area contributed by atoms with Gasteiger partial charge in [0.15, 0.2) is 11.5 Å². The Hall–Kier alpha value is -1.35. The van der Waals surface area contributed by atoms with E-state index in [1.807, 2.05) is 6.07 Å². The molecule has 0 radical (unpaired) electrons. The van der Waals surface area contributed by atoms with Gasteiger partial charge in [-0.15, -0.1) is 0 Å². The molecule has 74 valence electrons. The third kappa shape index (κ3) is 1.93. The van der Waals surface area contributed by atoms with Gasteiger partial charge in [-0.05, 0) is 15.9 Å². The Kier molecular flexibility index (Phi) is 3.25. The van der Waals surface area contributed by atoms with Crippen molar-refractivity contribution in [2.24, 2.45) is 7.05 Å². The number of rotatable bonds is 2. The van der Waals surface area contributed by atoms with Crippen molar-refractivity contribution in [1.82, 2.24) is 9.78 Å². The number of aromatic nitrogens is 2. The van der Waals surface area contributed by atoms with Crippen LogP contribution in [-0.2, 0) is 11.8 Å². The molecule has 1 amide bonds. The maximum absolute atomic E-state index is 11.1. The molecule has 0 unspecified atom stereocenters. The Balaban J connectivity index is 3.01. The summed E-state index contributed by atoms with van der Waals surface area (Å²) in [6.07, 6.45) is 0.380. The molecule has 0 aliphatic heterocycles. The van der Waals surface area contributed by atoms with Gasteiger partial charge in [-0.25, -0.2) is 0 Å². The Labute approximate surface area is 89.8 Å². The first kappa shape index (κ1) is 10.7. The first-order valence-corrected chi connectivity index (χ1v) is 4.81. The van der Waals surface area contributed by atoms with Gasteiger partial charge in [-0.1, -0.05) is 6.92 Å². The number of carbonyl (C=O) groups excluding carboxylic acids is 1. The largest absolute Gasteiger partial charge is 0.308 e. The molecule has 1 aromatic rings. The summed E-state index contributed by atoms with van der Waals surface area (Å²) in [5.74, 6) is 0.254. The number of hydrogen-bond acceptors (Lipinski definition) is 3. The van der Waals surface area contributed by atoms with Gasteiger partial charge in [0.1, 0.15) is 6.07 Å². The van der Waals surface area contributed by atoms with Crippen LogP contribution < -0.4 is 5.32 Å². The van der Waals surface area contributed by atoms with Crippen LogP contribution in [-0.4, -0.2) is 15.7 Å². The fourth-order valence-corrected chi connectivity index (χ4v) is 1.44. The molecule has 0 saturated carbocycles. The highest BCUT2D eigenvalue weighted by molar-refractivity contribution is 9.10. The van der Waals surface area contributed by atoms with Gasteiger partial charge in [-0.3, -0.25) is 9.48 Å². The number of nitrogens with one attached hydrogen (secondary N) is 1. The van der Waals surface area contributed by atoms with Crippen LogP contribution in [0, 0.1) is 11.3 Å². The minimum absolute atomic E-state index is 0.131. The topological polar surface area (TPSA) is 70.7 Å². The first-order valence-electron chi connectivity index (χ1n) is 4.02. The minimum Gasteiger partial charge on any atom is -0.308 e. The number of nitriles is 1. The molecule has 1 N–H and O–H groups in total. The van der Waals surface area contributed by atoms with Crippen LogP contribution in [0.2, 0.25) is 0 Å². The molecule has 0 bridgehead atoms.